The Balaban J connectivity index is 1.86. The number of ether oxygens (including phenoxy) is 2. The lowest BCUT2D eigenvalue weighted by molar-refractivity contribution is -0.119. The number of carbonyl (C=O) groups excluding carboxylic acids is 1. The Hall–Kier alpha value is -3.85. The van der Waals surface area contributed by atoms with Crippen LogP contribution in [0.25, 0.3) is 0 Å². The number of aryl methyl sites for hydroxylation is 2. The van der Waals surface area contributed by atoms with Crippen LogP contribution in [0.3, 0.4) is 0 Å². The van der Waals surface area contributed by atoms with Crippen molar-refractivity contribution in [1.29, 1.82) is 0 Å². The lowest BCUT2D eigenvalue weighted by Crippen LogP contribution is -2.40. The van der Waals surface area contributed by atoms with E-state index in [-0.39, 0.29) is 16.3 Å². The molecule has 0 unspecified atom stereocenters. The fraction of sp³-hybridized carbons (Fsp3) is 0.259. The van der Waals surface area contributed by atoms with E-state index in [9.17, 15) is 13.2 Å². The molecule has 0 atom stereocenters. The van der Waals surface area contributed by atoms with Gasteiger partial charge in [-0.25, -0.2) is 13.8 Å². The summed E-state index contributed by atoms with van der Waals surface area (Å²) in [5, 5.41) is 4.17. The molecular formula is C27H31N3O5S. The minimum Gasteiger partial charge on any atom is -0.497 e. The van der Waals surface area contributed by atoms with Crippen molar-refractivity contribution >= 4 is 27.3 Å². The quantitative estimate of drug-likeness (QED) is 0.307. The van der Waals surface area contributed by atoms with Crippen LogP contribution in [0, 0.1) is 6.92 Å². The molecule has 0 heterocycles. The number of rotatable bonds is 11. The van der Waals surface area contributed by atoms with E-state index in [1.54, 1.807) is 24.3 Å². The van der Waals surface area contributed by atoms with Crippen molar-refractivity contribution in [3.05, 3.63) is 83.9 Å². The lowest BCUT2D eigenvalue weighted by Gasteiger charge is -2.25. The Morgan fingerprint density at radius 3 is 2.31 bits per heavy atom. The van der Waals surface area contributed by atoms with Crippen molar-refractivity contribution < 1.29 is 22.7 Å². The second kappa shape index (κ2) is 12.2. The molecule has 0 saturated carbocycles. The molecule has 3 aromatic rings. The normalized spacial score (nSPS) is 11.6. The Morgan fingerprint density at radius 1 is 0.972 bits per heavy atom. The van der Waals surface area contributed by atoms with Crippen LogP contribution in [0.2, 0.25) is 0 Å². The molecule has 0 aliphatic carbocycles. The van der Waals surface area contributed by atoms with Gasteiger partial charge >= 0.3 is 0 Å². The highest BCUT2D eigenvalue weighted by Gasteiger charge is 2.30. The first-order chi connectivity index (χ1) is 17.2. The van der Waals surface area contributed by atoms with Gasteiger partial charge in [-0.1, -0.05) is 48.0 Å². The maximum Gasteiger partial charge on any atom is 0.264 e. The molecule has 36 heavy (non-hydrogen) atoms. The SMILES string of the molecule is COc1ccc(OC)c(N(CC(=O)N/N=C(/C)CCc2ccccc2)S(=O)(=O)c2ccc(C)cc2)c1. The number of benzene rings is 3. The lowest BCUT2D eigenvalue weighted by atomic mass is 10.1. The molecule has 9 heteroatoms. The number of nitrogens with one attached hydrogen (secondary N) is 1. The first-order valence-electron chi connectivity index (χ1n) is 11.4. The van der Waals surface area contributed by atoms with E-state index in [1.165, 1.54) is 38.0 Å². The highest BCUT2D eigenvalue weighted by atomic mass is 32.2. The van der Waals surface area contributed by atoms with Gasteiger partial charge in [0, 0.05) is 11.8 Å². The van der Waals surface area contributed by atoms with E-state index < -0.39 is 22.5 Å². The molecule has 0 radical (unpaired) electrons. The molecular weight excluding hydrogens is 478 g/mol. The molecule has 0 aliphatic heterocycles. The van der Waals surface area contributed by atoms with Crippen molar-refractivity contribution in [3.8, 4) is 11.5 Å². The number of hydrogen-bond acceptors (Lipinski definition) is 6. The molecule has 190 valence electrons. The summed E-state index contributed by atoms with van der Waals surface area (Å²) in [6.45, 7) is 3.18. The maximum atomic E-state index is 13.7. The summed E-state index contributed by atoms with van der Waals surface area (Å²) in [4.78, 5) is 12.9. The summed E-state index contributed by atoms with van der Waals surface area (Å²) in [6.07, 6.45) is 1.43. The summed E-state index contributed by atoms with van der Waals surface area (Å²) >= 11 is 0. The Bertz CT molecular complexity index is 1310. The van der Waals surface area contributed by atoms with E-state index >= 15 is 0 Å². The average Bonchev–Trinajstić information content (AvgIpc) is 2.89. The molecule has 3 aromatic carbocycles. The van der Waals surface area contributed by atoms with Gasteiger partial charge in [-0.2, -0.15) is 5.10 Å². The Morgan fingerprint density at radius 2 is 1.67 bits per heavy atom. The van der Waals surface area contributed by atoms with Crippen LogP contribution in [-0.4, -0.2) is 40.8 Å². The van der Waals surface area contributed by atoms with Crippen molar-refractivity contribution in [2.24, 2.45) is 5.10 Å². The van der Waals surface area contributed by atoms with Crippen LogP contribution in [-0.2, 0) is 21.2 Å². The molecule has 0 saturated heterocycles. The average molecular weight is 510 g/mol. The number of hydrogen-bond donors (Lipinski definition) is 1. The van der Waals surface area contributed by atoms with Gasteiger partial charge in [0.1, 0.15) is 18.0 Å². The third-order valence-corrected chi connectivity index (χ3v) is 7.31. The Labute approximate surface area is 212 Å². The predicted octanol–water partition coefficient (Wildman–Crippen LogP) is 4.33. The van der Waals surface area contributed by atoms with E-state index in [4.69, 9.17) is 9.47 Å². The van der Waals surface area contributed by atoms with Gasteiger partial charge in [0.05, 0.1) is 24.8 Å². The summed E-state index contributed by atoms with van der Waals surface area (Å²) in [5.74, 6) is 0.113. The van der Waals surface area contributed by atoms with E-state index in [1.807, 2.05) is 44.2 Å². The van der Waals surface area contributed by atoms with Gasteiger partial charge in [-0.05, 0) is 56.5 Å². The van der Waals surface area contributed by atoms with Gasteiger partial charge in [-0.15, -0.1) is 0 Å². The molecule has 1 amide bonds. The fourth-order valence-corrected chi connectivity index (χ4v) is 4.90. The van der Waals surface area contributed by atoms with Crippen LogP contribution in [0.15, 0.2) is 82.8 Å². The van der Waals surface area contributed by atoms with Gasteiger partial charge in [-0.3, -0.25) is 9.10 Å². The van der Waals surface area contributed by atoms with Gasteiger partial charge < -0.3 is 9.47 Å². The van der Waals surface area contributed by atoms with Gasteiger partial charge in [0.15, 0.2) is 0 Å². The summed E-state index contributed by atoms with van der Waals surface area (Å²) < 4.78 is 39.0. The second-order valence-electron chi connectivity index (χ2n) is 8.23. The molecule has 0 fully saturated rings. The first-order valence-corrected chi connectivity index (χ1v) is 12.9. The maximum absolute atomic E-state index is 13.7. The van der Waals surface area contributed by atoms with E-state index in [2.05, 4.69) is 10.5 Å². The zero-order valence-electron chi connectivity index (χ0n) is 20.9. The number of hydrazone groups is 1. The highest BCUT2D eigenvalue weighted by molar-refractivity contribution is 7.92. The second-order valence-corrected chi connectivity index (χ2v) is 10.1. The summed E-state index contributed by atoms with van der Waals surface area (Å²) in [5.41, 5.74) is 5.47. The zero-order valence-corrected chi connectivity index (χ0v) is 21.7. The first kappa shape index (κ1) is 26.7. The predicted molar refractivity (Wildman–Crippen MR) is 141 cm³/mol. The number of methoxy groups -OCH3 is 2. The minimum atomic E-state index is -4.12. The largest absolute Gasteiger partial charge is 0.497 e. The topological polar surface area (TPSA) is 97.3 Å². The van der Waals surface area contributed by atoms with E-state index in [0.717, 1.165) is 22.0 Å². The minimum absolute atomic E-state index is 0.0494. The third kappa shape index (κ3) is 6.85. The van der Waals surface area contributed by atoms with Crippen LogP contribution in [0.5, 0.6) is 11.5 Å². The molecule has 0 aromatic heterocycles. The standard InChI is InChI=1S/C27H31N3O5S/c1-20-10-15-24(16-11-20)36(32,33)30(25-18-23(34-3)14-17-26(25)35-4)19-27(31)29-28-21(2)12-13-22-8-6-5-7-9-22/h5-11,14-18H,12-13,19H2,1-4H3,(H,29,31)/b28-21-. The molecule has 0 bridgehead atoms. The van der Waals surface area contributed by atoms with Crippen molar-refractivity contribution in [3.63, 3.8) is 0 Å². The monoisotopic (exact) mass is 509 g/mol. The van der Waals surface area contributed by atoms with Crippen molar-refractivity contribution in [1.82, 2.24) is 5.43 Å². The van der Waals surface area contributed by atoms with Crippen LogP contribution < -0.4 is 19.2 Å². The van der Waals surface area contributed by atoms with Crippen LogP contribution in [0.1, 0.15) is 24.5 Å². The van der Waals surface area contributed by atoms with Crippen LogP contribution >= 0.6 is 0 Å². The van der Waals surface area contributed by atoms with Crippen molar-refractivity contribution in [2.45, 2.75) is 31.6 Å². The number of carbonyl (C=O) groups is 1. The molecule has 8 nitrogen and oxygen atoms in total. The molecule has 0 aliphatic rings. The molecule has 0 spiro atoms. The zero-order chi connectivity index (χ0) is 26.1. The smallest absolute Gasteiger partial charge is 0.264 e. The van der Waals surface area contributed by atoms with Crippen molar-refractivity contribution in [2.75, 3.05) is 25.1 Å². The van der Waals surface area contributed by atoms with E-state index in [0.29, 0.717) is 12.2 Å². The molecule has 3 rings (SSSR count). The van der Waals surface area contributed by atoms with Gasteiger partial charge in [0.25, 0.3) is 15.9 Å². The summed E-state index contributed by atoms with van der Waals surface area (Å²) in [7, 11) is -1.21. The third-order valence-electron chi connectivity index (χ3n) is 5.54. The Kier molecular flexibility index (Phi) is 9.08. The van der Waals surface area contributed by atoms with Gasteiger partial charge in [0.2, 0.25) is 0 Å². The number of sulfonamides is 1. The summed E-state index contributed by atoms with van der Waals surface area (Å²) in [6, 6.07) is 21.1. The molecule has 1 N–H and O–H groups in total. The number of amides is 1. The fourth-order valence-electron chi connectivity index (χ4n) is 3.48. The highest BCUT2D eigenvalue weighted by Crippen LogP contribution is 2.35. The number of anilines is 1. The number of nitrogens with zero attached hydrogens (tertiary/aromatic N) is 2. The van der Waals surface area contributed by atoms with Crippen LogP contribution in [0.4, 0.5) is 5.69 Å².